The van der Waals surface area contributed by atoms with Gasteiger partial charge in [0, 0.05) is 0 Å². The molecule has 0 aliphatic carbocycles. The van der Waals surface area contributed by atoms with Gasteiger partial charge in [-0.05, 0) is 36.4 Å². The Morgan fingerprint density at radius 3 is 1.11 bits per heavy atom. The summed E-state index contributed by atoms with van der Waals surface area (Å²) >= 11 is 0. The first-order valence-corrected chi connectivity index (χ1v) is 11.4. The predicted octanol–water partition coefficient (Wildman–Crippen LogP) is -0.589. The number of hydrogen-bond donors (Lipinski definition) is 0. The van der Waals surface area contributed by atoms with Crippen molar-refractivity contribution >= 4 is 23.2 Å². The molecule has 0 heterocycles. The lowest BCUT2D eigenvalue weighted by atomic mass is 10.4. The van der Waals surface area contributed by atoms with Gasteiger partial charge in [0.05, 0.1) is 6.16 Å². The van der Waals surface area contributed by atoms with Crippen molar-refractivity contribution in [2.45, 2.75) is 0 Å². The van der Waals surface area contributed by atoms with E-state index in [2.05, 4.69) is 104 Å². The molecule has 0 aromatic heterocycles. The van der Waals surface area contributed by atoms with Gasteiger partial charge >= 0.3 is 0 Å². The zero-order valence-electron chi connectivity index (χ0n) is 14.6. The number of hydrogen-bond acceptors (Lipinski definition) is 4. The highest BCUT2D eigenvalue weighted by molar-refractivity contribution is 7.95. The van der Waals surface area contributed by atoms with E-state index >= 15 is 0 Å². The van der Waals surface area contributed by atoms with Crippen LogP contribution in [0.25, 0.3) is 0 Å². The van der Waals surface area contributed by atoms with Gasteiger partial charge in [0.1, 0.15) is 23.2 Å². The molecule has 140 valence electrons. The fourth-order valence-electron chi connectivity index (χ4n) is 3.00. The van der Waals surface area contributed by atoms with Crippen LogP contribution in [0.4, 0.5) is 0 Å². The minimum absolute atomic E-state index is 0.977. The van der Waals surface area contributed by atoms with Crippen LogP contribution in [0.15, 0.2) is 104 Å². The average molecular weight is 403 g/mol. The smallest absolute Gasteiger partial charge is 0.115 e. The highest BCUT2D eigenvalue weighted by atomic mass is 35.7. The molecule has 4 nitrogen and oxygen atoms in total. The lowest BCUT2D eigenvalue weighted by Gasteiger charge is -2.26. The van der Waals surface area contributed by atoms with Crippen LogP contribution < -0.4 is 34.5 Å². The second-order valence-corrected chi connectivity index (χ2v) is 9.96. The van der Waals surface area contributed by atoms with Crippen LogP contribution in [0, 0.1) is 10.2 Å². The molecule has 0 bridgehead atoms. The molecule has 0 saturated heterocycles. The van der Waals surface area contributed by atoms with Gasteiger partial charge in [0.2, 0.25) is 0 Å². The normalized spacial score (nSPS) is 11.3. The molecule has 0 aliphatic heterocycles. The highest BCUT2D eigenvalue weighted by Crippen LogP contribution is 2.55. The second-order valence-electron chi connectivity index (χ2n) is 5.67. The van der Waals surface area contributed by atoms with E-state index in [1.165, 1.54) is 15.9 Å². The molecule has 0 radical (unpaired) electrons. The van der Waals surface area contributed by atoms with E-state index in [9.17, 15) is 0 Å². The van der Waals surface area contributed by atoms with Crippen molar-refractivity contribution in [1.29, 1.82) is 0 Å². The molecule has 0 fully saturated rings. The van der Waals surface area contributed by atoms with Crippen molar-refractivity contribution in [2.24, 2.45) is 0 Å². The summed E-state index contributed by atoms with van der Waals surface area (Å²) in [5.41, 5.74) is 0. The molecule has 0 N–H and O–H groups in total. The Morgan fingerprint density at radius 2 is 0.889 bits per heavy atom. The quantitative estimate of drug-likeness (QED) is 0.421. The van der Waals surface area contributed by atoms with Gasteiger partial charge in [-0.3, -0.25) is 0 Å². The van der Waals surface area contributed by atoms with E-state index < -0.39 is 17.5 Å². The Morgan fingerprint density at radius 1 is 0.630 bits per heavy atom. The molecule has 0 aliphatic rings. The van der Waals surface area contributed by atoms with Crippen LogP contribution in [0.3, 0.4) is 0 Å². The van der Waals surface area contributed by atoms with E-state index in [1.54, 1.807) is 0 Å². The van der Waals surface area contributed by atoms with Crippen molar-refractivity contribution in [3.8, 4) is 0 Å². The lowest BCUT2D eigenvalue weighted by molar-refractivity contribution is -2.00. The van der Waals surface area contributed by atoms with Crippen molar-refractivity contribution < 1.29 is 28.9 Å². The van der Waals surface area contributed by atoms with Crippen LogP contribution in [-0.2, 0) is 0 Å². The first kappa shape index (κ1) is 21.3. The monoisotopic (exact) mass is 402 g/mol. The van der Waals surface area contributed by atoms with Crippen LogP contribution in [0.1, 0.15) is 0 Å². The summed E-state index contributed by atoms with van der Waals surface area (Å²) in [5.74, 6) is 0. The molecular weight excluding hydrogens is 383 g/mol. The highest BCUT2D eigenvalue weighted by Gasteiger charge is 2.43. The van der Waals surface area contributed by atoms with Gasteiger partial charge in [-0.1, -0.05) is 67.3 Å². The molecule has 0 saturated carbocycles. The van der Waals surface area contributed by atoms with Gasteiger partial charge < -0.3 is 0 Å². The Hall–Kier alpha value is -2.04. The maximum Gasteiger partial charge on any atom is 0.115 e. The van der Waals surface area contributed by atoms with E-state index in [0.29, 0.717) is 0 Å². The Bertz CT molecular complexity index is 718. The number of halogens is 1. The maximum atomic E-state index is 8.49. The van der Waals surface area contributed by atoms with E-state index in [0.717, 1.165) is 6.16 Å². The zero-order valence-corrected chi connectivity index (χ0v) is 16.3. The zero-order chi connectivity index (χ0) is 19.8. The molecule has 3 aromatic carbocycles. The minimum Gasteiger partial charge on any atom is -0.222 e. The van der Waals surface area contributed by atoms with Crippen LogP contribution in [0.5, 0.6) is 0 Å². The Kier molecular flexibility index (Phi) is 7.69. The standard InChI is InChI=1S/C21H20P.ClHO4/c1-2-18-22(19-12-6-3-7-13-19,20-14-8-4-9-15-20)21-16-10-5-11-17-21;2-1(3,4)5/h2-17H,1,18H2;(H,2,3,4,5)/q+1;/p-1. The van der Waals surface area contributed by atoms with E-state index in [1.807, 2.05) is 0 Å². The molecular formula is C21H20ClO4P. The lowest BCUT2D eigenvalue weighted by Crippen LogP contribution is -2.68. The third kappa shape index (κ3) is 5.98. The summed E-state index contributed by atoms with van der Waals surface area (Å²) in [6, 6.07) is 32.7. The Balaban J connectivity index is 0.000000465. The summed E-state index contributed by atoms with van der Waals surface area (Å²) in [6.45, 7) is 4.05. The summed E-state index contributed by atoms with van der Waals surface area (Å²) in [7, 11) is -6.62. The van der Waals surface area contributed by atoms with Crippen molar-refractivity contribution in [3.05, 3.63) is 104 Å². The maximum absolute atomic E-state index is 8.49. The third-order valence-corrected chi connectivity index (χ3v) is 8.34. The molecule has 0 spiro atoms. The van der Waals surface area contributed by atoms with E-state index in [-0.39, 0.29) is 0 Å². The first-order chi connectivity index (χ1) is 12.9. The molecule has 3 rings (SSSR count). The third-order valence-electron chi connectivity index (χ3n) is 3.99. The largest absolute Gasteiger partial charge is 0.222 e. The van der Waals surface area contributed by atoms with Crippen molar-refractivity contribution in [2.75, 3.05) is 6.16 Å². The fourth-order valence-corrected chi connectivity index (χ4v) is 6.96. The topological polar surface area (TPSA) is 92.2 Å². The summed E-state index contributed by atoms with van der Waals surface area (Å²) in [5, 5.41) is 4.23. The van der Waals surface area contributed by atoms with Crippen molar-refractivity contribution in [3.63, 3.8) is 0 Å². The summed E-state index contributed by atoms with van der Waals surface area (Å²) in [4.78, 5) is 0. The number of rotatable bonds is 5. The Labute approximate surface area is 162 Å². The molecule has 3 aromatic rings. The SMILES string of the molecule is C=CC[P+](c1ccccc1)(c1ccccc1)c1ccccc1.[O-][Cl+3]([O-])([O-])[O-]. The first-order valence-electron chi connectivity index (χ1n) is 8.15. The predicted molar refractivity (Wildman–Crippen MR) is 100 cm³/mol. The van der Waals surface area contributed by atoms with Crippen LogP contribution >= 0.6 is 7.26 Å². The molecule has 27 heavy (non-hydrogen) atoms. The molecule has 0 amide bonds. The number of benzene rings is 3. The van der Waals surface area contributed by atoms with Crippen molar-refractivity contribution in [1.82, 2.24) is 0 Å². The molecule has 0 unspecified atom stereocenters. The van der Waals surface area contributed by atoms with Gasteiger partial charge in [-0.25, -0.2) is 18.6 Å². The second kappa shape index (κ2) is 9.77. The van der Waals surface area contributed by atoms with Gasteiger partial charge in [-0.2, -0.15) is 0 Å². The average Bonchev–Trinajstić information content (AvgIpc) is 2.67. The van der Waals surface area contributed by atoms with Crippen LogP contribution in [-0.4, -0.2) is 6.16 Å². The number of allylic oxidation sites excluding steroid dienone is 1. The summed E-state index contributed by atoms with van der Waals surface area (Å²) < 4.78 is 34.0. The fraction of sp³-hybridized carbons (Fsp3) is 0.0476. The van der Waals surface area contributed by atoms with E-state index in [4.69, 9.17) is 18.6 Å². The molecule has 6 heteroatoms. The van der Waals surface area contributed by atoms with Gasteiger partial charge in [0.15, 0.2) is 0 Å². The van der Waals surface area contributed by atoms with Gasteiger partial charge in [-0.15, -0.1) is 10.2 Å². The minimum atomic E-state index is -4.94. The van der Waals surface area contributed by atoms with Gasteiger partial charge in [0.25, 0.3) is 0 Å². The summed E-state index contributed by atoms with van der Waals surface area (Å²) in [6.07, 6.45) is 3.05. The molecule has 0 atom stereocenters. The van der Waals surface area contributed by atoms with Crippen LogP contribution in [0.2, 0.25) is 0 Å².